The molecule has 0 fully saturated rings. The number of aryl methyl sites for hydroxylation is 2. The molecule has 14 heavy (non-hydrogen) atoms. The van der Waals surface area contributed by atoms with E-state index in [-0.39, 0.29) is 5.78 Å². The van der Waals surface area contributed by atoms with E-state index in [4.69, 9.17) is 5.26 Å². The number of carbonyl (C=O) groups excluding carboxylic acids is 1. The molecule has 0 spiro atoms. The Bertz CT molecular complexity index is 440. The summed E-state index contributed by atoms with van der Waals surface area (Å²) in [5, 5.41) is 8.82. The van der Waals surface area contributed by atoms with Crippen LogP contribution in [0.2, 0.25) is 0 Å². The minimum Gasteiger partial charge on any atom is -0.294 e. The van der Waals surface area contributed by atoms with Gasteiger partial charge in [0.2, 0.25) is 0 Å². The number of Topliss-reactive ketones (excluding diaryl/α,β-unsaturated/α-hetero) is 1. The van der Waals surface area contributed by atoms with Gasteiger partial charge in [0.15, 0.2) is 5.78 Å². The highest BCUT2D eigenvalue weighted by molar-refractivity contribution is 6.01. The van der Waals surface area contributed by atoms with Crippen LogP contribution in [-0.4, -0.2) is 5.78 Å². The summed E-state index contributed by atoms with van der Waals surface area (Å²) in [6.07, 6.45) is 2.23. The van der Waals surface area contributed by atoms with Crippen LogP contribution in [0.4, 0.5) is 0 Å². The molecular formula is C12H11NO. The molecule has 1 aliphatic rings. The number of rotatable bonds is 1. The van der Waals surface area contributed by atoms with Gasteiger partial charge >= 0.3 is 0 Å². The van der Waals surface area contributed by atoms with Gasteiger partial charge in [-0.25, -0.2) is 0 Å². The predicted octanol–water partition coefficient (Wildman–Crippen LogP) is 2.25. The van der Waals surface area contributed by atoms with Crippen molar-refractivity contribution >= 4 is 5.78 Å². The highest BCUT2D eigenvalue weighted by Gasteiger charge is 2.22. The second-order valence-corrected chi connectivity index (χ2v) is 3.56. The zero-order valence-corrected chi connectivity index (χ0v) is 8.13. The molecule has 0 aromatic heterocycles. The maximum atomic E-state index is 11.6. The molecule has 0 saturated heterocycles. The topological polar surface area (TPSA) is 40.9 Å². The second kappa shape index (κ2) is 3.26. The van der Waals surface area contributed by atoms with Crippen LogP contribution in [0.15, 0.2) is 12.1 Å². The number of ketones is 1. The number of nitriles is 1. The van der Waals surface area contributed by atoms with Gasteiger partial charge in [0, 0.05) is 12.0 Å². The number of carbonyl (C=O) groups is 1. The Labute approximate surface area is 83.2 Å². The Hall–Kier alpha value is -1.62. The van der Waals surface area contributed by atoms with E-state index < -0.39 is 0 Å². The van der Waals surface area contributed by atoms with Crippen LogP contribution in [0, 0.1) is 11.3 Å². The van der Waals surface area contributed by atoms with Crippen molar-refractivity contribution in [2.45, 2.75) is 26.2 Å². The van der Waals surface area contributed by atoms with Crippen LogP contribution in [0.3, 0.4) is 0 Å². The summed E-state index contributed by atoms with van der Waals surface area (Å²) in [4.78, 5) is 11.6. The molecule has 2 rings (SSSR count). The highest BCUT2D eigenvalue weighted by Crippen LogP contribution is 2.27. The highest BCUT2D eigenvalue weighted by atomic mass is 16.1. The van der Waals surface area contributed by atoms with E-state index in [1.165, 1.54) is 0 Å². The van der Waals surface area contributed by atoms with Gasteiger partial charge in [0.25, 0.3) is 0 Å². The van der Waals surface area contributed by atoms with E-state index in [0.29, 0.717) is 12.0 Å². The van der Waals surface area contributed by atoms with E-state index >= 15 is 0 Å². The first-order chi connectivity index (χ1) is 6.76. The maximum Gasteiger partial charge on any atom is 0.163 e. The Kier molecular flexibility index (Phi) is 2.09. The summed E-state index contributed by atoms with van der Waals surface area (Å²) >= 11 is 0. The largest absolute Gasteiger partial charge is 0.294 e. The van der Waals surface area contributed by atoms with E-state index in [9.17, 15) is 4.79 Å². The molecule has 2 heteroatoms. The van der Waals surface area contributed by atoms with Gasteiger partial charge in [-0.15, -0.1) is 0 Å². The molecule has 0 atom stereocenters. The molecule has 0 radical (unpaired) electrons. The minimum absolute atomic E-state index is 0.237. The van der Waals surface area contributed by atoms with Gasteiger partial charge in [-0.1, -0.05) is 6.92 Å². The molecule has 0 saturated carbocycles. The van der Waals surface area contributed by atoms with Crippen LogP contribution in [0.25, 0.3) is 0 Å². The van der Waals surface area contributed by atoms with Crippen LogP contribution in [0.1, 0.15) is 40.4 Å². The summed E-state index contributed by atoms with van der Waals surface area (Å²) in [6, 6.07) is 5.82. The summed E-state index contributed by atoms with van der Waals surface area (Å²) in [5.41, 5.74) is 3.65. The zero-order chi connectivity index (χ0) is 10.1. The fourth-order valence-corrected chi connectivity index (χ4v) is 2.04. The van der Waals surface area contributed by atoms with Gasteiger partial charge in [-0.3, -0.25) is 4.79 Å². The smallest absolute Gasteiger partial charge is 0.163 e. The van der Waals surface area contributed by atoms with E-state index in [1.54, 1.807) is 0 Å². The zero-order valence-electron chi connectivity index (χ0n) is 8.13. The predicted molar refractivity (Wildman–Crippen MR) is 53.2 cm³/mol. The lowest BCUT2D eigenvalue weighted by Gasteiger charge is -2.05. The molecule has 1 aliphatic carbocycles. The Balaban J connectivity index is 2.65. The number of fused-ring (bicyclic) bond motifs is 1. The van der Waals surface area contributed by atoms with E-state index in [2.05, 4.69) is 6.07 Å². The van der Waals surface area contributed by atoms with Crippen molar-refractivity contribution in [3.63, 3.8) is 0 Å². The SMILES string of the molecule is CCc1cc(C#N)cc2c1C(=O)CC2. The molecule has 70 valence electrons. The standard InChI is InChI=1S/C12H11NO/c1-2-9-5-8(7-13)6-10-3-4-11(14)12(9)10/h5-6H,2-4H2,1H3. The van der Waals surface area contributed by atoms with Crippen molar-refractivity contribution in [1.82, 2.24) is 0 Å². The first-order valence-corrected chi connectivity index (χ1v) is 4.85. The summed E-state index contributed by atoms with van der Waals surface area (Å²) in [6.45, 7) is 2.02. The quantitative estimate of drug-likeness (QED) is 0.673. The lowest BCUT2D eigenvalue weighted by Crippen LogP contribution is -1.99. The van der Waals surface area contributed by atoms with Crippen molar-refractivity contribution in [3.8, 4) is 6.07 Å². The summed E-state index contributed by atoms with van der Waals surface area (Å²) in [7, 11) is 0. The van der Waals surface area contributed by atoms with Crippen molar-refractivity contribution in [3.05, 3.63) is 34.4 Å². The van der Waals surface area contributed by atoms with Gasteiger partial charge in [-0.05, 0) is 36.1 Å². The van der Waals surface area contributed by atoms with Crippen LogP contribution in [0.5, 0.6) is 0 Å². The van der Waals surface area contributed by atoms with Gasteiger partial charge in [-0.2, -0.15) is 5.26 Å². The third-order valence-corrected chi connectivity index (χ3v) is 2.71. The minimum atomic E-state index is 0.237. The molecule has 2 nitrogen and oxygen atoms in total. The van der Waals surface area contributed by atoms with Gasteiger partial charge in [0.1, 0.15) is 0 Å². The lowest BCUT2D eigenvalue weighted by molar-refractivity contribution is 0.0994. The Morgan fingerprint density at radius 3 is 2.86 bits per heavy atom. The maximum absolute atomic E-state index is 11.6. The molecule has 1 aromatic rings. The molecule has 0 heterocycles. The normalized spacial score (nSPS) is 13.9. The van der Waals surface area contributed by atoms with Crippen molar-refractivity contribution in [2.75, 3.05) is 0 Å². The van der Waals surface area contributed by atoms with Gasteiger partial charge < -0.3 is 0 Å². The Morgan fingerprint density at radius 2 is 2.21 bits per heavy atom. The van der Waals surface area contributed by atoms with Gasteiger partial charge in [0.05, 0.1) is 11.6 Å². The molecule has 0 unspecified atom stereocenters. The molecule has 0 bridgehead atoms. The average molecular weight is 185 g/mol. The van der Waals surface area contributed by atoms with Crippen LogP contribution in [-0.2, 0) is 12.8 Å². The number of hydrogen-bond acceptors (Lipinski definition) is 2. The third-order valence-electron chi connectivity index (χ3n) is 2.71. The number of hydrogen-bond donors (Lipinski definition) is 0. The summed E-state index contributed by atoms with van der Waals surface area (Å²) < 4.78 is 0. The number of benzene rings is 1. The molecule has 0 amide bonds. The monoisotopic (exact) mass is 185 g/mol. The van der Waals surface area contributed by atoms with Crippen molar-refractivity contribution in [2.24, 2.45) is 0 Å². The lowest BCUT2D eigenvalue weighted by atomic mass is 9.98. The third kappa shape index (κ3) is 1.22. The van der Waals surface area contributed by atoms with Crippen LogP contribution < -0.4 is 0 Å². The average Bonchev–Trinajstić information content (AvgIpc) is 2.59. The molecule has 0 N–H and O–H groups in total. The van der Waals surface area contributed by atoms with Crippen LogP contribution >= 0.6 is 0 Å². The second-order valence-electron chi connectivity index (χ2n) is 3.56. The number of nitrogens with zero attached hydrogens (tertiary/aromatic N) is 1. The molecule has 1 aromatic carbocycles. The fourth-order valence-electron chi connectivity index (χ4n) is 2.04. The first kappa shape index (κ1) is 8.96. The first-order valence-electron chi connectivity index (χ1n) is 4.85. The van der Waals surface area contributed by atoms with E-state index in [0.717, 1.165) is 29.5 Å². The van der Waals surface area contributed by atoms with Crippen molar-refractivity contribution in [1.29, 1.82) is 5.26 Å². The molecular weight excluding hydrogens is 174 g/mol. The van der Waals surface area contributed by atoms with E-state index in [1.807, 2.05) is 19.1 Å². The summed E-state index contributed by atoms with van der Waals surface area (Å²) in [5.74, 6) is 0.237. The molecule has 0 aliphatic heterocycles. The fraction of sp³-hybridized carbons (Fsp3) is 0.333. The van der Waals surface area contributed by atoms with Crippen molar-refractivity contribution < 1.29 is 4.79 Å². The Morgan fingerprint density at radius 1 is 1.43 bits per heavy atom.